The summed E-state index contributed by atoms with van der Waals surface area (Å²) < 4.78 is 8.28. The van der Waals surface area contributed by atoms with Gasteiger partial charge in [0.05, 0.1) is 12.3 Å². The fourth-order valence-electron chi connectivity index (χ4n) is 2.12. The summed E-state index contributed by atoms with van der Waals surface area (Å²) >= 11 is 3.55. The highest BCUT2D eigenvalue weighted by Crippen LogP contribution is 2.22. The number of methoxy groups -OCH3 is 1. The van der Waals surface area contributed by atoms with E-state index in [0.717, 1.165) is 36.4 Å². The highest BCUT2D eigenvalue weighted by Gasteiger charge is 2.09. The van der Waals surface area contributed by atoms with Crippen LogP contribution >= 0.6 is 15.9 Å². The zero-order valence-corrected chi connectivity index (χ0v) is 13.5. The summed E-state index contributed by atoms with van der Waals surface area (Å²) in [6, 6.07) is 6.34. The van der Waals surface area contributed by atoms with E-state index in [0.29, 0.717) is 0 Å². The molecule has 0 aliphatic rings. The van der Waals surface area contributed by atoms with Gasteiger partial charge in [-0.05, 0) is 17.7 Å². The van der Waals surface area contributed by atoms with Crippen molar-refractivity contribution in [2.24, 2.45) is 0 Å². The van der Waals surface area contributed by atoms with Crippen molar-refractivity contribution in [1.82, 2.24) is 14.9 Å². The number of hydrogen-bond donors (Lipinski definition) is 1. The van der Waals surface area contributed by atoms with E-state index in [1.54, 1.807) is 7.11 Å². The first-order valence-corrected chi connectivity index (χ1v) is 7.56. The Labute approximate surface area is 128 Å². The molecule has 0 saturated heterocycles. The van der Waals surface area contributed by atoms with Crippen LogP contribution in [0.3, 0.4) is 0 Å². The molecule has 0 aliphatic heterocycles. The Balaban J connectivity index is 2.24. The Bertz CT molecular complexity index is 554. The SMILES string of the molecule is CCc1nccn1-c1cc(Br)ccc1CNCCOC. The van der Waals surface area contributed by atoms with Gasteiger partial charge in [0.25, 0.3) is 0 Å². The van der Waals surface area contributed by atoms with E-state index in [1.807, 2.05) is 12.4 Å². The Kier molecular flexibility index (Phi) is 5.76. The second-order valence-electron chi connectivity index (χ2n) is 4.51. The number of nitrogens with zero attached hydrogens (tertiary/aromatic N) is 2. The molecule has 0 unspecified atom stereocenters. The maximum Gasteiger partial charge on any atom is 0.112 e. The van der Waals surface area contributed by atoms with Crippen LogP contribution in [0.2, 0.25) is 0 Å². The van der Waals surface area contributed by atoms with Gasteiger partial charge in [-0.3, -0.25) is 0 Å². The lowest BCUT2D eigenvalue weighted by Gasteiger charge is -2.14. The zero-order valence-electron chi connectivity index (χ0n) is 11.9. The molecule has 0 aliphatic carbocycles. The Hall–Kier alpha value is -1.17. The lowest BCUT2D eigenvalue weighted by molar-refractivity contribution is 0.199. The van der Waals surface area contributed by atoms with Gasteiger partial charge in [-0.1, -0.05) is 28.9 Å². The second kappa shape index (κ2) is 7.57. The highest BCUT2D eigenvalue weighted by molar-refractivity contribution is 9.10. The number of imidazole rings is 1. The number of aromatic nitrogens is 2. The predicted octanol–water partition coefficient (Wildman–Crippen LogP) is 2.93. The van der Waals surface area contributed by atoms with Gasteiger partial charge in [-0.15, -0.1) is 0 Å². The van der Waals surface area contributed by atoms with Crippen molar-refractivity contribution in [1.29, 1.82) is 0 Å². The molecule has 0 amide bonds. The van der Waals surface area contributed by atoms with E-state index >= 15 is 0 Å². The van der Waals surface area contributed by atoms with Crippen LogP contribution in [0.1, 0.15) is 18.3 Å². The summed E-state index contributed by atoms with van der Waals surface area (Å²) in [5, 5.41) is 3.39. The molecule has 0 fully saturated rings. The van der Waals surface area contributed by atoms with Crippen LogP contribution in [0.5, 0.6) is 0 Å². The van der Waals surface area contributed by atoms with Crippen molar-refractivity contribution < 1.29 is 4.74 Å². The molecule has 1 aromatic carbocycles. The molecule has 2 aromatic rings. The van der Waals surface area contributed by atoms with Gasteiger partial charge >= 0.3 is 0 Å². The van der Waals surface area contributed by atoms with Crippen LogP contribution in [0.15, 0.2) is 35.1 Å². The maximum absolute atomic E-state index is 5.05. The summed E-state index contributed by atoms with van der Waals surface area (Å²) in [4.78, 5) is 4.40. The van der Waals surface area contributed by atoms with Gasteiger partial charge in [0.2, 0.25) is 0 Å². The van der Waals surface area contributed by atoms with E-state index in [9.17, 15) is 0 Å². The number of aryl methyl sites for hydroxylation is 1. The molecule has 0 atom stereocenters. The molecular formula is C15H20BrN3O. The molecular weight excluding hydrogens is 318 g/mol. The zero-order chi connectivity index (χ0) is 14.4. The summed E-state index contributed by atoms with van der Waals surface area (Å²) in [5.74, 6) is 1.07. The first-order valence-electron chi connectivity index (χ1n) is 6.77. The van der Waals surface area contributed by atoms with E-state index in [-0.39, 0.29) is 0 Å². The molecule has 20 heavy (non-hydrogen) atoms. The van der Waals surface area contributed by atoms with Crippen molar-refractivity contribution in [2.45, 2.75) is 19.9 Å². The summed E-state index contributed by atoms with van der Waals surface area (Å²) in [5.41, 5.74) is 2.41. The number of ether oxygens (including phenoxy) is 1. The Morgan fingerprint density at radius 3 is 3.00 bits per heavy atom. The summed E-state index contributed by atoms with van der Waals surface area (Å²) in [6.45, 7) is 4.49. The number of hydrogen-bond acceptors (Lipinski definition) is 3. The number of benzene rings is 1. The van der Waals surface area contributed by atoms with Crippen molar-refractivity contribution in [3.63, 3.8) is 0 Å². The van der Waals surface area contributed by atoms with Gasteiger partial charge in [-0.2, -0.15) is 0 Å². The third kappa shape index (κ3) is 3.69. The molecule has 1 heterocycles. The minimum absolute atomic E-state index is 0.719. The monoisotopic (exact) mass is 337 g/mol. The molecule has 4 nitrogen and oxygen atoms in total. The average molecular weight is 338 g/mol. The van der Waals surface area contributed by atoms with Crippen LogP contribution in [0.25, 0.3) is 5.69 Å². The fraction of sp³-hybridized carbons (Fsp3) is 0.400. The summed E-state index contributed by atoms with van der Waals surface area (Å²) in [7, 11) is 1.71. The minimum Gasteiger partial charge on any atom is -0.383 e. The average Bonchev–Trinajstić information content (AvgIpc) is 2.93. The van der Waals surface area contributed by atoms with Crippen molar-refractivity contribution in [3.05, 3.63) is 46.5 Å². The summed E-state index contributed by atoms with van der Waals surface area (Å²) in [6.07, 6.45) is 4.77. The van der Waals surface area contributed by atoms with Crippen molar-refractivity contribution in [2.75, 3.05) is 20.3 Å². The van der Waals surface area contributed by atoms with Crippen molar-refractivity contribution in [3.8, 4) is 5.69 Å². The molecule has 108 valence electrons. The molecule has 0 radical (unpaired) electrons. The number of rotatable bonds is 7. The van der Waals surface area contributed by atoms with Gasteiger partial charge in [0.15, 0.2) is 0 Å². The Morgan fingerprint density at radius 1 is 1.40 bits per heavy atom. The van der Waals surface area contributed by atoms with Gasteiger partial charge in [0, 0.05) is 43.5 Å². The molecule has 1 N–H and O–H groups in total. The first-order chi connectivity index (χ1) is 9.76. The van der Waals surface area contributed by atoms with Crippen LogP contribution in [0.4, 0.5) is 0 Å². The third-order valence-electron chi connectivity index (χ3n) is 3.14. The maximum atomic E-state index is 5.05. The number of halogens is 1. The quantitative estimate of drug-likeness (QED) is 0.789. The molecule has 1 aromatic heterocycles. The molecule has 0 bridgehead atoms. The first kappa shape index (κ1) is 15.2. The van der Waals surface area contributed by atoms with Crippen molar-refractivity contribution >= 4 is 15.9 Å². The minimum atomic E-state index is 0.719. The smallest absolute Gasteiger partial charge is 0.112 e. The van der Waals surface area contributed by atoms with Crippen LogP contribution in [0, 0.1) is 0 Å². The lowest BCUT2D eigenvalue weighted by atomic mass is 10.1. The standard InChI is InChI=1S/C15H20BrN3O/c1-3-15-18-6-8-19(15)14-10-13(16)5-4-12(14)11-17-7-9-20-2/h4-6,8,10,17H,3,7,9,11H2,1-2H3. The Morgan fingerprint density at radius 2 is 2.25 bits per heavy atom. The molecule has 2 rings (SSSR count). The van der Waals surface area contributed by atoms with E-state index < -0.39 is 0 Å². The topological polar surface area (TPSA) is 39.1 Å². The normalized spacial score (nSPS) is 10.9. The van der Waals surface area contributed by atoms with Gasteiger partial charge in [-0.25, -0.2) is 4.98 Å². The van der Waals surface area contributed by atoms with E-state index in [1.165, 1.54) is 11.3 Å². The number of nitrogens with one attached hydrogen (secondary N) is 1. The predicted molar refractivity (Wildman–Crippen MR) is 84.2 cm³/mol. The second-order valence-corrected chi connectivity index (χ2v) is 5.43. The van der Waals surface area contributed by atoms with Gasteiger partial charge < -0.3 is 14.6 Å². The fourth-order valence-corrected chi connectivity index (χ4v) is 2.47. The van der Waals surface area contributed by atoms with Crippen LogP contribution in [-0.2, 0) is 17.7 Å². The van der Waals surface area contributed by atoms with Gasteiger partial charge in [0.1, 0.15) is 5.82 Å². The van der Waals surface area contributed by atoms with E-state index in [2.05, 4.69) is 55.9 Å². The van der Waals surface area contributed by atoms with E-state index in [4.69, 9.17) is 4.74 Å². The largest absolute Gasteiger partial charge is 0.383 e. The third-order valence-corrected chi connectivity index (χ3v) is 3.63. The van der Waals surface area contributed by atoms with Crippen LogP contribution < -0.4 is 5.32 Å². The molecule has 0 spiro atoms. The highest BCUT2D eigenvalue weighted by atomic mass is 79.9. The van der Waals surface area contributed by atoms with Crippen LogP contribution in [-0.4, -0.2) is 29.8 Å². The molecule has 5 heteroatoms. The lowest BCUT2D eigenvalue weighted by Crippen LogP contribution is -2.19. The molecule has 0 saturated carbocycles.